The van der Waals surface area contributed by atoms with Gasteiger partial charge in [-0.2, -0.15) is 5.26 Å². The predicted molar refractivity (Wildman–Crippen MR) is 81.5 cm³/mol. The number of rotatable bonds is 1. The van der Waals surface area contributed by atoms with E-state index in [1.165, 1.54) is 6.26 Å². The van der Waals surface area contributed by atoms with Crippen LogP contribution < -0.4 is 5.73 Å². The van der Waals surface area contributed by atoms with E-state index in [-0.39, 0.29) is 39.7 Å². The first-order chi connectivity index (χ1) is 11.6. The van der Waals surface area contributed by atoms with Crippen LogP contribution in [0.4, 0.5) is 0 Å². The standard InChI is InChI=1S/C18H10N2O4/c19-8-11-13(12-6-3-7-23-12)14-15(21)9-4-1-2-5-10(9)16(22)17(14)24-18(11)20/h1-7,13H,20H2/t13-/m0/s1. The molecule has 0 fully saturated rings. The van der Waals surface area contributed by atoms with Gasteiger partial charge in [0.15, 0.2) is 11.5 Å². The summed E-state index contributed by atoms with van der Waals surface area (Å²) in [5.41, 5.74) is 6.48. The Morgan fingerprint density at radius 3 is 2.38 bits per heavy atom. The van der Waals surface area contributed by atoms with Crippen LogP contribution >= 0.6 is 0 Å². The average molecular weight is 318 g/mol. The molecule has 0 bridgehead atoms. The Morgan fingerprint density at radius 2 is 1.75 bits per heavy atom. The Bertz CT molecular complexity index is 990. The summed E-state index contributed by atoms with van der Waals surface area (Å²) in [5.74, 6) is -1.65. The molecule has 2 aromatic rings. The zero-order valence-corrected chi connectivity index (χ0v) is 12.3. The summed E-state index contributed by atoms with van der Waals surface area (Å²) >= 11 is 0. The molecule has 4 rings (SSSR count). The second-order valence-electron chi connectivity index (χ2n) is 5.39. The van der Waals surface area contributed by atoms with E-state index in [0.29, 0.717) is 5.76 Å². The molecule has 1 aromatic heterocycles. The molecule has 2 aliphatic rings. The highest BCUT2D eigenvalue weighted by Gasteiger charge is 2.44. The number of carbonyl (C=O) groups excluding carboxylic acids is 2. The number of ether oxygens (including phenoxy) is 1. The molecular formula is C18H10N2O4. The largest absolute Gasteiger partial charge is 0.468 e. The molecule has 24 heavy (non-hydrogen) atoms. The number of allylic oxidation sites excluding steroid dienone is 3. The maximum absolute atomic E-state index is 13.0. The second kappa shape index (κ2) is 4.96. The summed E-state index contributed by atoms with van der Waals surface area (Å²) in [6, 6.07) is 11.7. The minimum Gasteiger partial charge on any atom is -0.468 e. The number of nitrogens with zero attached hydrogens (tertiary/aromatic N) is 1. The first-order valence-electron chi connectivity index (χ1n) is 7.17. The van der Waals surface area contributed by atoms with Gasteiger partial charge in [-0.05, 0) is 12.1 Å². The van der Waals surface area contributed by atoms with Crippen LogP contribution in [0.1, 0.15) is 32.4 Å². The van der Waals surface area contributed by atoms with Gasteiger partial charge in [-0.25, -0.2) is 0 Å². The molecule has 0 amide bonds. The fourth-order valence-corrected chi connectivity index (χ4v) is 3.05. The van der Waals surface area contributed by atoms with Crippen molar-refractivity contribution in [2.24, 2.45) is 5.73 Å². The number of ketones is 2. The minimum atomic E-state index is -0.862. The topological polar surface area (TPSA) is 106 Å². The predicted octanol–water partition coefficient (Wildman–Crippen LogP) is 2.42. The summed E-state index contributed by atoms with van der Waals surface area (Å²) in [6.07, 6.45) is 1.43. The lowest BCUT2D eigenvalue weighted by Gasteiger charge is -2.29. The highest BCUT2D eigenvalue weighted by atomic mass is 16.5. The van der Waals surface area contributed by atoms with Crippen molar-refractivity contribution in [3.63, 3.8) is 0 Å². The van der Waals surface area contributed by atoms with Crippen LogP contribution in [-0.4, -0.2) is 11.6 Å². The van der Waals surface area contributed by atoms with Gasteiger partial charge in [0.1, 0.15) is 17.4 Å². The highest BCUT2D eigenvalue weighted by molar-refractivity contribution is 6.27. The summed E-state index contributed by atoms with van der Waals surface area (Å²) in [4.78, 5) is 25.7. The number of Topliss-reactive ketones (excluding diaryl/α,β-unsaturated/α-hetero) is 2. The molecule has 1 aliphatic heterocycles. The van der Waals surface area contributed by atoms with E-state index in [1.807, 2.05) is 6.07 Å². The average Bonchev–Trinajstić information content (AvgIpc) is 3.13. The smallest absolute Gasteiger partial charge is 0.229 e. The molecular weight excluding hydrogens is 308 g/mol. The minimum absolute atomic E-state index is 0.0456. The van der Waals surface area contributed by atoms with Crippen LogP contribution in [0.5, 0.6) is 0 Å². The number of benzene rings is 1. The fourth-order valence-electron chi connectivity index (χ4n) is 3.05. The van der Waals surface area contributed by atoms with Crippen molar-refractivity contribution in [1.29, 1.82) is 5.26 Å². The van der Waals surface area contributed by atoms with E-state index in [2.05, 4.69) is 0 Å². The molecule has 1 aliphatic carbocycles. The van der Waals surface area contributed by atoms with E-state index in [0.717, 1.165) is 0 Å². The van der Waals surface area contributed by atoms with Gasteiger partial charge in [-0.15, -0.1) is 0 Å². The van der Waals surface area contributed by atoms with Gasteiger partial charge < -0.3 is 14.9 Å². The van der Waals surface area contributed by atoms with Crippen molar-refractivity contribution < 1.29 is 18.7 Å². The zero-order chi connectivity index (χ0) is 16.8. The maximum atomic E-state index is 13.0. The van der Waals surface area contributed by atoms with Gasteiger partial charge in [0, 0.05) is 11.1 Å². The lowest BCUT2D eigenvalue weighted by Crippen LogP contribution is -2.32. The van der Waals surface area contributed by atoms with Gasteiger partial charge in [0.05, 0.1) is 17.8 Å². The van der Waals surface area contributed by atoms with Crippen molar-refractivity contribution >= 4 is 11.6 Å². The van der Waals surface area contributed by atoms with E-state index in [1.54, 1.807) is 36.4 Å². The van der Waals surface area contributed by atoms with Gasteiger partial charge in [0.2, 0.25) is 11.7 Å². The number of nitrogens with two attached hydrogens (primary N) is 1. The molecule has 0 saturated carbocycles. The molecule has 1 aromatic carbocycles. The molecule has 1 atom stereocenters. The second-order valence-corrected chi connectivity index (χ2v) is 5.39. The van der Waals surface area contributed by atoms with Crippen LogP contribution in [0.2, 0.25) is 0 Å². The Hall–Kier alpha value is -3.59. The zero-order valence-electron chi connectivity index (χ0n) is 12.3. The van der Waals surface area contributed by atoms with Crippen LogP contribution in [0.25, 0.3) is 0 Å². The lowest BCUT2D eigenvalue weighted by atomic mass is 9.77. The maximum Gasteiger partial charge on any atom is 0.229 e. The number of furan rings is 1. The number of carbonyl (C=O) groups is 2. The molecule has 116 valence electrons. The summed E-state index contributed by atoms with van der Waals surface area (Å²) in [7, 11) is 0. The van der Waals surface area contributed by atoms with E-state index >= 15 is 0 Å². The number of fused-ring (bicyclic) bond motifs is 1. The molecule has 0 saturated heterocycles. The molecule has 0 radical (unpaired) electrons. The normalized spacial score (nSPS) is 19.5. The SMILES string of the molecule is N#CC1=C(N)OC2=C(C(=O)c3ccccc3C2=O)[C@@H]1c1ccco1. The highest BCUT2D eigenvalue weighted by Crippen LogP contribution is 2.43. The molecule has 6 heteroatoms. The third-order valence-corrected chi connectivity index (χ3v) is 4.11. The van der Waals surface area contributed by atoms with Gasteiger partial charge in [-0.1, -0.05) is 24.3 Å². The molecule has 2 heterocycles. The first kappa shape index (κ1) is 14.0. The third-order valence-electron chi connectivity index (χ3n) is 4.11. The molecule has 0 unspecified atom stereocenters. The van der Waals surface area contributed by atoms with E-state index in [4.69, 9.17) is 14.9 Å². The molecule has 6 nitrogen and oxygen atoms in total. The molecule has 2 N–H and O–H groups in total. The Morgan fingerprint density at radius 1 is 1.04 bits per heavy atom. The molecule has 0 spiro atoms. The number of nitriles is 1. The summed E-state index contributed by atoms with van der Waals surface area (Å²) in [6.45, 7) is 0. The van der Waals surface area contributed by atoms with Crippen molar-refractivity contribution in [1.82, 2.24) is 0 Å². The van der Waals surface area contributed by atoms with Gasteiger partial charge in [-0.3, -0.25) is 9.59 Å². The Labute approximate surface area is 136 Å². The summed E-state index contributed by atoms with van der Waals surface area (Å²) in [5, 5.41) is 9.44. The first-order valence-corrected chi connectivity index (χ1v) is 7.17. The van der Waals surface area contributed by atoms with Crippen LogP contribution in [0.3, 0.4) is 0 Å². The van der Waals surface area contributed by atoms with Gasteiger partial charge in [0.25, 0.3) is 0 Å². The van der Waals surface area contributed by atoms with Crippen molar-refractivity contribution in [2.75, 3.05) is 0 Å². The van der Waals surface area contributed by atoms with Crippen molar-refractivity contribution in [2.45, 2.75) is 5.92 Å². The monoisotopic (exact) mass is 318 g/mol. The number of hydrogen-bond donors (Lipinski definition) is 1. The van der Waals surface area contributed by atoms with Crippen molar-refractivity contribution in [3.05, 3.63) is 82.3 Å². The van der Waals surface area contributed by atoms with Gasteiger partial charge >= 0.3 is 0 Å². The Kier molecular flexibility index (Phi) is 2.90. The fraction of sp³-hybridized carbons (Fsp3) is 0.0556. The van der Waals surface area contributed by atoms with E-state index < -0.39 is 11.7 Å². The quantitative estimate of drug-likeness (QED) is 0.865. The van der Waals surface area contributed by atoms with Crippen LogP contribution in [0, 0.1) is 11.3 Å². The lowest BCUT2D eigenvalue weighted by molar-refractivity contribution is 0.0895. The Balaban J connectivity index is 1.99. The van der Waals surface area contributed by atoms with E-state index in [9.17, 15) is 14.9 Å². The summed E-state index contributed by atoms with van der Waals surface area (Å²) < 4.78 is 10.7. The third kappa shape index (κ3) is 1.75. The van der Waals surface area contributed by atoms with Crippen molar-refractivity contribution in [3.8, 4) is 6.07 Å². The van der Waals surface area contributed by atoms with Crippen LogP contribution in [-0.2, 0) is 4.74 Å². The number of hydrogen-bond acceptors (Lipinski definition) is 6. The van der Waals surface area contributed by atoms with Crippen LogP contribution in [0.15, 0.2) is 69.9 Å².